The third-order valence-electron chi connectivity index (χ3n) is 5.09. The second-order valence-corrected chi connectivity index (χ2v) is 7.36. The van der Waals surface area contributed by atoms with Crippen LogP contribution in [0.1, 0.15) is 29.5 Å². The second kappa shape index (κ2) is 10.7. The topological polar surface area (TPSA) is 74.8 Å². The summed E-state index contributed by atoms with van der Waals surface area (Å²) in [4.78, 5) is 16.5. The maximum absolute atomic E-state index is 13.2. The first-order valence-corrected chi connectivity index (χ1v) is 10.3. The highest BCUT2D eigenvalue weighted by Crippen LogP contribution is 2.16. The van der Waals surface area contributed by atoms with Crippen LogP contribution in [0.2, 0.25) is 0 Å². The minimum Gasteiger partial charge on any atom is -0.368 e. The average molecular weight is 413 g/mol. The van der Waals surface area contributed by atoms with Crippen molar-refractivity contribution in [3.8, 4) is 0 Å². The van der Waals surface area contributed by atoms with Crippen molar-refractivity contribution in [1.82, 2.24) is 10.6 Å². The Morgan fingerprint density at radius 2 is 2.10 bits per heavy atom. The zero-order valence-electron chi connectivity index (χ0n) is 17.5. The van der Waals surface area contributed by atoms with E-state index in [1.54, 1.807) is 13.1 Å². The van der Waals surface area contributed by atoms with E-state index in [0.717, 1.165) is 41.6 Å². The Morgan fingerprint density at radius 1 is 1.23 bits per heavy atom. The van der Waals surface area contributed by atoms with E-state index in [1.807, 2.05) is 37.3 Å². The molecular weight excluding hydrogens is 383 g/mol. The zero-order valence-corrected chi connectivity index (χ0v) is 17.5. The Labute approximate surface area is 176 Å². The van der Waals surface area contributed by atoms with Gasteiger partial charge in [0.05, 0.1) is 0 Å². The molecule has 1 unspecified atom stereocenters. The number of halogens is 1. The zero-order chi connectivity index (χ0) is 21.3. The highest BCUT2D eigenvalue weighted by Gasteiger charge is 2.23. The van der Waals surface area contributed by atoms with Gasteiger partial charge in [0.2, 0.25) is 0 Å². The summed E-state index contributed by atoms with van der Waals surface area (Å²) in [7, 11) is 1.72. The predicted octanol–water partition coefficient (Wildman–Crippen LogP) is 3.16. The molecule has 2 aromatic carbocycles. The molecule has 0 saturated carbocycles. The van der Waals surface area contributed by atoms with Crippen molar-refractivity contribution in [1.29, 1.82) is 0 Å². The Balaban J connectivity index is 1.46. The van der Waals surface area contributed by atoms with Crippen molar-refractivity contribution in [3.05, 3.63) is 65.0 Å². The number of hydrogen-bond acceptors (Lipinski definition) is 3. The summed E-state index contributed by atoms with van der Waals surface area (Å²) in [5.74, 6) is 0.380. The fourth-order valence-electron chi connectivity index (χ4n) is 3.43. The number of aryl methyl sites for hydroxylation is 1. The average Bonchev–Trinajstić information content (AvgIpc) is 3.27. The quantitative estimate of drug-likeness (QED) is 0.482. The van der Waals surface area contributed by atoms with E-state index in [2.05, 4.69) is 20.9 Å². The van der Waals surface area contributed by atoms with Crippen LogP contribution in [0, 0.1) is 12.7 Å². The lowest BCUT2D eigenvalue weighted by Gasteiger charge is -2.14. The molecule has 1 aliphatic heterocycles. The number of carbonyl (C=O) groups excluding carboxylic acids is 1. The highest BCUT2D eigenvalue weighted by molar-refractivity contribution is 5.94. The number of benzene rings is 2. The molecule has 2 aromatic rings. The van der Waals surface area contributed by atoms with Gasteiger partial charge in [0.1, 0.15) is 11.9 Å². The van der Waals surface area contributed by atoms with E-state index >= 15 is 0 Å². The summed E-state index contributed by atoms with van der Waals surface area (Å²) < 4.78 is 18.6. The molecule has 1 aliphatic rings. The summed E-state index contributed by atoms with van der Waals surface area (Å²) in [5, 5.41) is 9.47. The summed E-state index contributed by atoms with van der Waals surface area (Å²) in [5.41, 5.74) is 3.83. The number of nitrogens with one attached hydrogen (secondary N) is 3. The molecule has 6 nitrogen and oxygen atoms in total. The Hall–Kier alpha value is -2.93. The fourth-order valence-corrected chi connectivity index (χ4v) is 3.43. The van der Waals surface area contributed by atoms with Crippen LogP contribution in [0.3, 0.4) is 0 Å². The van der Waals surface area contributed by atoms with Gasteiger partial charge in [-0.15, -0.1) is 0 Å². The van der Waals surface area contributed by atoms with E-state index in [-0.39, 0.29) is 17.8 Å². The molecule has 1 atom stereocenters. The van der Waals surface area contributed by atoms with E-state index in [4.69, 9.17) is 4.74 Å². The first-order chi connectivity index (χ1) is 14.5. The van der Waals surface area contributed by atoms with Gasteiger partial charge in [0, 0.05) is 32.4 Å². The Kier molecular flexibility index (Phi) is 7.79. The Morgan fingerprint density at radius 3 is 2.83 bits per heavy atom. The standard InChI is InChI=1S/C23H29FN4O2/c1-16-13-19(24)9-8-18(16)10-11-26-23(25-2)27-15-17-5-3-6-20(14-17)28-22(29)21-7-4-12-30-21/h3,5-6,8-9,13-14,21H,4,7,10-12,15H2,1-2H3,(H,28,29)(H2,25,26,27). The third-order valence-corrected chi connectivity index (χ3v) is 5.09. The van der Waals surface area contributed by atoms with Crippen LogP contribution in [0.25, 0.3) is 0 Å². The Bertz CT molecular complexity index is 895. The minimum absolute atomic E-state index is 0.0915. The molecule has 0 aromatic heterocycles. The normalized spacial score (nSPS) is 16.4. The van der Waals surface area contributed by atoms with Gasteiger partial charge in [0.25, 0.3) is 5.91 Å². The van der Waals surface area contributed by atoms with E-state index in [1.165, 1.54) is 6.07 Å². The second-order valence-electron chi connectivity index (χ2n) is 7.36. The van der Waals surface area contributed by atoms with Crippen LogP contribution in [0.15, 0.2) is 47.5 Å². The number of aliphatic imine (C=N–C) groups is 1. The number of nitrogens with zero attached hydrogens (tertiary/aromatic N) is 1. The molecule has 1 saturated heterocycles. The lowest BCUT2D eigenvalue weighted by Crippen LogP contribution is -2.37. The molecule has 0 spiro atoms. The number of amides is 1. The molecule has 3 N–H and O–H groups in total. The van der Waals surface area contributed by atoms with Crippen molar-refractivity contribution < 1.29 is 13.9 Å². The number of rotatable bonds is 7. The van der Waals surface area contributed by atoms with Crippen LogP contribution in [-0.2, 0) is 22.5 Å². The van der Waals surface area contributed by atoms with Crippen molar-refractivity contribution in [3.63, 3.8) is 0 Å². The molecule has 1 fully saturated rings. The smallest absolute Gasteiger partial charge is 0.253 e. The van der Waals surface area contributed by atoms with Crippen LogP contribution >= 0.6 is 0 Å². The maximum atomic E-state index is 13.2. The number of hydrogen-bond donors (Lipinski definition) is 3. The maximum Gasteiger partial charge on any atom is 0.253 e. The molecule has 1 amide bonds. The fraction of sp³-hybridized carbons (Fsp3) is 0.391. The molecule has 0 aliphatic carbocycles. The van der Waals surface area contributed by atoms with Gasteiger partial charge in [-0.3, -0.25) is 9.79 Å². The monoisotopic (exact) mass is 412 g/mol. The summed E-state index contributed by atoms with van der Waals surface area (Å²) in [6, 6.07) is 12.6. The first kappa shape index (κ1) is 21.8. The van der Waals surface area contributed by atoms with Crippen LogP contribution < -0.4 is 16.0 Å². The lowest BCUT2D eigenvalue weighted by atomic mass is 10.1. The van der Waals surface area contributed by atoms with Gasteiger partial charge >= 0.3 is 0 Å². The predicted molar refractivity (Wildman–Crippen MR) is 117 cm³/mol. The van der Waals surface area contributed by atoms with Gasteiger partial charge in [0.15, 0.2) is 5.96 Å². The van der Waals surface area contributed by atoms with Gasteiger partial charge in [-0.2, -0.15) is 0 Å². The number of anilines is 1. The lowest BCUT2D eigenvalue weighted by molar-refractivity contribution is -0.124. The van der Waals surface area contributed by atoms with Crippen LogP contribution in [-0.4, -0.2) is 38.2 Å². The summed E-state index contributed by atoms with van der Waals surface area (Å²) in [6.45, 7) is 3.81. The number of carbonyl (C=O) groups is 1. The first-order valence-electron chi connectivity index (χ1n) is 10.3. The molecule has 30 heavy (non-hydrogen) atoms. The van der Waals surface area contributed by atoms with E-state index in [0.29, 0.717) is 25.7 Å². The van der Waals surface area contributed by atoms with Gasteiger partial charge < -0.3 is 20.7 Å². The van der Waals surface area contributed by atoms with Gasteiger partial charge in [-0.1, -0.05) is 18.2 Å². The van der Waals surface area contributed by atoms with Gasteiger partial charge in [-0.05, 0) is 67.1 Å². The molecule has 0 radical (unpaired) electrons. The number of ether oxygens (including phenoxy) is 1. The SMILES string of the molecule is CN=C(NCCc1ccc(F)cc1C)NCc1cccc(NC(=O)C2CCCO2)c1. The van der Waals surface area contributed by atoms with E-state index in [9.17, 15) is 9.18 Å². The largest absolute Gasteiger partial charge is 0.368 e. The highest BCUT2D eigenvalue weighted by atomic mass is 19.1. The molecular formula is C23H29FN4O2. The van der Waals surface area contributed by atoms with Crippen molar-refractivity contribution in [2.45, 2.75) is 38.8 Å². The van der Waals surface area contributed by atoms with Crippen molar-refractivity contribution in [2.24, 2.45) is 4.99 Å². The van der Waals surface area contributed by atoms with E-state index < -0.39 is 0 Å². The van der Waals surface area contributed by atoms with Gasteiger partial charge in [-0.25, -0.2) is 4.39 Å². The summed E-state index contributed by atoms with van der Waals surface area (Å²) >= 11 is 0. The van der Waals surface area contributed by atoms with Crippen LogP contribution in [0.5, 0.6) is 0 Å². The molecule has 3 rings (SSSR count). The van der Waals surface area contributed by atoms with Crippen molar-refractivity contribution >= 4 is 17.6 Å². The number of guanidine groups is 1. The molecule has 160 valence electrons. The molecule has 7 heteroatoms. The summed E-state index contributed by atoms with van der Waals surface area (Å²) in [6.07, 6.45) is 2.12. The minimum atomic E-state index is -0.348. The van der Waals surface area contributed by atoms with Crippen LogP contribution in [0.4, 0.5) is 10.1 Å². The molecule has 1 heterocycles. The third kappa shape index (κ3) is 6.29. The van der Waals surface area contributed by atoms with Crippen molar-refractivity contribution in [2.75, 3.05) is 25.5 Å². The molecule has 0 bridgehead atoms.